The second kappa shape index (κ2) is 62.5. The highest BCUT2D eigenvalue weighted by Gasteiger charge is 2.33. The Morgan fingerprint density at radius 1 is 0.214 bits per heavy atom. The predicted octanol–water partition coefficient (Wildman–Crippen LogP) is 32.2. The number of aromatic nitrogens is 4. The molecule has 0 saturated carbocycles. The van der Waals surface area contributed by atoms with Crippen molar-refractivity contribution in [2.75, 3.05) is 105 Å². The highest BCUT2D eigenvalue weighted by molar-refractivity contribution is 7.86. The third kappa shape index (κ3) is 36.9. The second-order valence-corrected chi connectivity index (χ2v) is 46.4. The molecule has 2 N–H and O–H groups in total. The van der Waals surface area contributed by atoms with Crippen LogP contribution in [-0.4, -0.2) is 194 Å². The number of H-pyrrole nitrogens is 2. The summed E-state index contributed by atoms with van der Waals surface area (Å²) in [6.07, 6.45) is 49.8. The van der Waals surface area contributed by atoms with Gasteiger partial charge in [0.25, 0.3) is 0 Å². The van der Waals surface area contributed by atoms with Crippen LogP contribution < -0.4 is 0 Å². The van der Waals surface area contributed by atoms with E-state index in [1.54, 1.807) is 0 Å². The summed E-state index contributed by atoms with van der Waals surface area (Å²) >= 11 is 54.3. The summed E-state index contributed by atoms with van der Waals surface area (Å²) < 4.78 is 157. The van der Waals surface area contributed by atoms with Crippen LogP contribution in [0, 0.1) is 0 Å². The van der Waals surface area contributed by atoms with Crippen molar-refractivity contribution in [3.05, 3.63) is 136 Å². The van der Waals surface area contributed by atoms with Gasteiger partial charge in [0, 0.05) is 66.6 Å². The van der Waals surface area contributed by atoms with E-state index in [1.807, 2.05) is 0 Å². The van der Waals surface area contributed by atoms with Crippen LogP contribution >= 0.6 is 92.8 Å². The van der Waals surface area contributed by atoms with Crippen molar-refractivity contribution in [1.29, 1.82) is 0 Å². The molecular weight excluding hydrogens is 2010 g/mol. The molecule has 0 aliphatic carbocycles. The molecule has 140 heavy (non-hydrogen) atoms. The second-order valence-electron chi connectivity index (χ2n) is 37.9. The van der Waals surface area contributed by atoms with E-state index in [0.29, 0.717) is 0 Å². The summed E-state index contributed by atoms with van der Waals surface area (Å²) in [5, 5.41) is -3.46. The third-order valence-corrected chi connectivity index (χ3v) is 33.6. The quantitative estimate of drug-likeness (QED) is 0.0265. The van der Waals surface area contributed by atoms with Gasteiger partial charge < -0.3 is 46.1 Å². The zero-order chi connectivity index (χ0) is 104. The van der Waals surface area contributed by atoms with Crippen LogP contribution in [0.2, 0.25) is 40.2 Å². The molecule has 2 aliphatic rings. The average Bonchev–Trinajstić information content (AvgIpc) is 1.44. The van der Waals surface area contributed by atoms with Gasteiger partial charge in [-0.05, 0) is 200 Å². The fraction of sp³-hybridized carbons (Fsp3) is 0.593. The molecule has 2 aliphatic heterocycles. The summed E-state index contributed by atoms with van der Waals surface area (Å²) in [6, 6.07) is 13.6. The maximum Gasteiger partial charge on any atom is 0.125 e. The molecule has 20 nitrogen and oxygen atoms in total. The van der Waals surface area contributed by atoms with Crippen LogP contribution in [0.25, 0.3) is 90.9 Å². The van der Waals surface area contributed by atoms with Gasteiger partial charge in [-0.2, -0.15) is 0 Å². The molecule has 0 radical (unpaired) electrons. The van der Waals surface area contributed by atoms with E-state index in [-0.39, 0.29) is 109 Å². The SMILES string of the molecule is CCCC[N+](CCCC)(CCCC)CCCC.CCCC[N+](CCCC)(CCCC)CCCC.CCCC[N+](CCCC)(CCCC)CCCC.CCCC[N+](CCCC)(CCCC)CCCC.O=S(=O)([O-])c1ccc(Cl)c(-c2c3nc(c(-c4c(Cl)ccc(S(=O)(=O)[O-])c4Cl)c4ccc([nH]4)c(-c4c(Cl)ccc(S(=O)(=O)[O-])c4Cl)c4nc(c(-c5c(Cl)ccc(S(=O)(=O)[O-])c5Cl)c5ccc2[nH]5)C=C4)C=C3)c1Cl. The standard InChI is InChI=1S/C44H22Cl8N4O12S4.4C16H36N/c45-17-1-13-29(69(57,58)59)41(49)33(17)37-21-5-7-23(53-21)38(34-18(46)2-14-30(42(34)50)70(60,61)62)25-9-11-27(55-25)40(36-20(48)4-16-32(44(36)52)72(66,67)68)28-12-10-26(56-28)39(24-8-6-22(37)54-24)35-19(47)3-15-31(43(35)51)71(63,64)65;4*1-5-9-13-17(14-10-6-2,15-11-7-3)16-12-8-4/h1-16,53,56H,(H,57,58,59)(H,60,61,62)(H,63,64,65)(H,66,67,68);4*5-16H2,1-4H3/q;4*+1/p-4. The largest absolute Gasteiger partial charge is 0.744 e. The number of quaternary nitrogens is 4. The van der Waals surface area contributed by atoms with E-state index in [0.717, 1.165) is 48.5 Å². The van der Waals surface area contributed by atoms with Gasteiger partial charge in [-0.25, -0.2) is 43.6 Å². The van der Waals surface area contributed by atoms with Gasteiger partial charge in [0.1, 0.15) is 40.5 Å². The van der Waals surface area contributed by atoms with Crippen molar-refractivity contribution < 1.29 is 69.8 Å². The number of nitrogens with one attached hydrogen (secondary N) is 2. The highest BCUT2D eigenvalue weighted by atomic mass is 35.5. The van der Waals surface area contributed by atoms with E-state index in [1.165, 1.54) is 377 Å². The number of hydrogen-bond acceptors (Lipinski definition) is 14. The van der Waals surface area contributed by atoms with Crippen molar-refractivity contribution in [3.63, 3.8) is 0 Å². The molecule has 5 heterocycles. The van der Waals surface area contributed by atoms with Crippen molar-refractivity contribution in [1.82, 2.24) is 19.9 Å². The average molecular weight is 2180 g/mol. The number of aromatic amines is 2. The number of nitrogens with zero attached hydrogens (tertiary/aromatic N) is 6. The van der Waals surface area contributed by atoms with Gasteiger partial charge in [0.15, 0.2) is 0 Å². The number of unbranched alkanes of at least 4 members (excludes halogenated alkanes) is 16. The first-order chi connectivity index (χ1) is 66.5. The van der Waals surface area contributed by atoms with E-state index < -0.39 is 80.1 Å². The lowest BCUT2D eigenvalue weighted by Gasteiger charge is -2.39. The van der Waals surface area contributed by atoms with E-state index in [2.05, 4.69) is 121 Å². The lowest BCUT2D eigenvalue weighted by molar-refractivity contribution is -0.929. The van der Waals surface area contributed by atoms with Crippen LogP contribution in [0.3, 0.4) is 0 Å². The predicted molar refractivity (Wildman–Crippen MR) is 590 cm³/mol. The molecule has 7 aromatic rings. The van der Waals surface area contributed by atoms with Crippen LogP contribution in [0.5, 0.6) is 0 Å². The third-order valence-electron chi connectivity index (χ3n) is 26.8. The lowest BCUT2D eigenvalue weighted by Crippen LogP contribution is -2.50. The normalized spacial score (nSPS) is 12.5. The molecule has 0 spiro atoms. The molecule has 0 atom stereocenters. The van der Waals surface area contributed by atoms with Crippen LogP contribution in [0.1, 0.15) is 339 Å². The fourth-order valence-electron chi connectivity index (χ4n) is 18.7. The van der Waals surface area contributed by atoms with E-state index in [4.69, 9.17) is 103 Å². The van der Waals surface area contributed by atoms with Crippen LogP contribution in [-0.2, 0) is 40.5 Å². The Labute approximate surface area is 882 Å². The fourth-order valence-corrected chi connectivity index (χ4v) is 24.3. The molecule has 8 bridgehead atoms. The number of fused-ring (bicyclic) bond motifs is 8. The molecule has 9 rings (SSSR count). The summed E-state index contributed by atoms with van der Waals surface area (Å²) in [6.45, 7) is 60.1. The topological polar surface area (TPSA) is 286 Å². The Kier molecular flexibility index (Phi) is 56.2. The monoisotopic (exact) mass is 2170 g/mol. The Hall–Kier alpha value is -4.72. The molecule has 32 heteroatoms. The van der Waals surface area contributed by atoms with Crippen molar-refractivity contribution in [2.45, 2.75) is 336 Å². The van der Waals surface area contributed by atoms with Crippen LogP contribution in [0.4, 0.5) is 0 Å². The lowest BCUT2D eigenvalue weighted by atomic mass is 10.0. The number of rotatable bonds is 56. The van der Waals surface area contributed by atoms with Gasteiger partial charge in [-0.3, -0.25) is 0 Å². The number of halogens is 8. The zero-order valence-electron chi connectivity index (χ0n) is 86.4. The molecule has 0 unspecified atom stereocenters. The maximum absolute atomic E-state index is 12.6. The first-order valence-electron chi connectivity index (χ1n) is 51.9. The molecule has 0 fully saturated rings. The molecular formula is C108H162Cl8N8O12S4. The van der Waals surface area contributed by atoms with Gasteiger partial charge in [-0.1, -0.05) is 306 Å². The molecule has 0 saturated heterocycles. The Bertz CT molecular complexity index is 4940. The minimum atomic E-state index is -5.29. The summed E-state index contributed by atoms with van der Waals surface area (Å²) in [5.74, 6) is 0. The molecule has 0 amide bonds. The Morgan fingerprint density at radius 2 is 0.343 bits per heavy atom. The van der Waals surface area contributed by atoms with E-state index in [9.17, 15) is 51.9 Å². The number of hydrogen-bond donors (Lipinski definition) is 2. The summed E-state index contributed by atoms with van der Waals surface area (Å²) in [4.78, 5) is 12.4. The number of benzene rings is 4. The van der Waals surface area contributed by atoms with Gasteiger partial charge in [-0.15, -0.1) is 0 Å². The minimum Gasteiger partial charge on any atom is -0.744 e. The summed E-state index contributed by atoms with van der Waals surface area (Å²) in [5.41, 5.74) is -1.86. The smallest absolute Gasteiger partial charge is 0.125 e. The first kappa shape index (κ1) is 126. The van der Waals surface area contributed by atoms with Crippen molar-refractivity contribution in [3.8, 4) is 44.5 Å². The first-order valence-corrected chi connectivity index (χ1v) is 60.5. The zero-order valence-corrected chi connectivity index (χ0v) is 95.7. The minimum absolute atomic E-state index is 0.00390. The highest BCUT2D eigenvalue weighted by Crippen LogP contribution is 2.50. The van der Waals surface area contributed by atoms with E-state index >= 15 is 0 Å². The summed E-state index contributed by atoms with van der Waals surface area (Å²) in [7, 11) is -21.1. The molecule has 3 aromatic heterocycles. The molecule has 786 valence electrons. The van der Waals surface area contributed by atoms with Crippen molar-refractivity contribution in [2.24, 2.45) is 0 Å². The van der Waals surface area contributed by atoms with Gasteiger partial charge in [0.05, 0.1) is 187 Å². The maximum atomic E-state index is 12.6. The Balaban J connectivity index is 0.000000407. The van der Waals surface area contributed by atoms with Gasteiger partial charge >= 0.3 is 0 Å². The Morgan fingerprint density at radius 3 is 0.457 bits per heavy atom. The van der Waals surface area contributed by atoms with Crippen LogP contribution in [0.15, 0.2) is 92.4 Å². The van der Waals surface area contributed by atoms with Crippen molar-refractivity contribution >= 4 is 180 Å². The van der Waals surface area contributed by atoms with Gasteiger partial charge in [0.2, 0.25) is 0 Å². The molecule has 4 aromatic carbocycles.